The molecule has 166 valence electrons. The largest absolute Gasteiger partial charge is 0.352 e. The minimum atomic E-state index is -3.85. The molecule has 31 heavy (non-hydrogen) atoms. The molecule has 2 aromatic carbocycles. The van der Waals surface area contributed by atoms with Gasteiger partial charge in [0.1, 0.15) is 0 Å². The zero-order valence-electron chi connectivity index (χ0n) is 16.4. The number of nitrogens with two attached hydrogens (primary N) is 1. The van der Waals surface area contributed by atoms with Gasteiger partial charge in [-0.2, -0.15) is 0 Å². The summed E-state index contributed by atoms with van der Waals surface area (Å²) in [5.41, 5.74) is 0.876. The highest BCUT2D eigenvalue weighted by atomic mass is 35.5. The molecule has 2 aromatic rings. The first-order chi connectivity index (χ1) is 14.4. The van der Waals surface area contributed by atoms with E-state index in [1.54, 1.807) is 12.1 Å². The van der Waals surface area contributed by atoms with Crippen LogP contribution < -0.4 is 14.8 Å². The lowest BCUT2D eigenvalue weighted by Crippen LogP contribution is -2.31. The van der Waals surface area contributed by atoms with Crippen molar-refractivity contribution in [1.82, 2.24) is 5.32 Å². The Bertz CT molecular complexity index is 1240. The number of primary sulfonamides is 1. The minimum Gasteiger partial charge on any atom is -0.352 e. The van der Waals surface area contributed by atoms with Crippen molar-refractivity contribution in [3.05, 3.63) is 58.6 Å². The van der Waals surface area contributed by atoms with Gasteiger partial charge in [0, 0.05) is 12.1 Å². The molecule has 0 bridgehead atoms. The molecule has 0 spiro atoms. The second kappa shape index (κ2) is 8.58. The van der Waals surface area contributed by atoms with Crippen molar-refractivity contribution < 1.29 is 26.4 Å². The Kier molecular flexibility index (Phi) is 6.42. The fourth-order valence-electron chi connectivity index (χ4n) is 3.15. The summed E-state index contributed by atoms with van der Waals surface area (Å²) < 4.78 is 47.9. The predicted molar refractivity (Wildman–Crippen MR) is 116 cm³/mol. The molecule has 2 amide bonds. The van der Waals surface area contributed by atoms with Crippen LogP contribution in [-0.2, 0) is 31.3 Å². The van der Waals surface area contributed by atoms with Crippen molar-refractivity contribution in [2.45, 2.75) is 18.2 Å². The third-order valence-corrected chi connectivity index (χ3v) is 7.84. The van der Waals surface area contributed by atoms with Crippen LogP contribution in [0.5, 0.6) is 0 Å². The van der Waals surface area contributed by atoms with Crippen LogP contribution in [0.2, 0.25) is 5.02 Å². The van der Waals surface area contributed by atoms with Crippen LogP contribution in [-0.4, -0.2) is 40.9 Å². The van der Waals surface area contributed by atoms with E-state index < -0.39 is 37.8 Å². The first-order valence-corrected chi connectivity index (χ1v) is 12.7. The molecule has 3 N–H and O–H groups in total. The molecule has 1 saturated heterocycles. The highest BCUT2D eigenvalue weighted by Gasteiger charge is 2.43. The van der Waals surface area contributed by atoms with E-state index in [2.05, 4.69) is 5.32 Å². The highest BCUT2D eigenvalue weighted by molar-refractivity contribution is 7.94. The second-order valence-corrected chi connectivity index (χ2v) is 11.0. The van der Waals surface area contributed by atoms with Crippen molar-refractivity contribution in [3.63, 3.8) is 0 Å². The van der Waals surface area contributed by atoms with E-state index in [-0.39, 0.29) is 33.5 Å². The molecule has 9 nitrogen and oxygen atoms in total. The molecule has 1 unspecified atom stereocenters. The van der Waals surface area contributed by atoms with Gasteiger partial charge in [-0.3, -0.25) is 9.59 Å². The van der Waals surface area contributed by atoms with Gasteiger partial charge < -0.3 is 5.32 Å². The number of sulfonamides is 2. The Labute approximate surface area is 185 Å². The van der Waals surface area contributed by atoms with E-state index >= 15 is 0 Å². The van der Waals surface area contributed by atoms with Gasteiger partial charge in [0.25, 0.3) is 5.91 Å². The molecule has 0 aromatic heterocycles. The van der Waals surface area contributed by atoms with Gasteiger partial charge in [0.2, 0.25) is 26.0 Å². The molecule has 0 radical (unpaired) electrons. The van der Waals surface area contributed by atoms with Gasteiger partial charge in [-0.05, 0) is 42.3 Å². The van der Waals surface area contributed by atoms with Crippen LogP contribution in [0.15, 0.2) is 47.4 Å². The molecule has 0 saturated carbocycles. The molecule has 12 heteroatoms. The van der Waals surface area contributed by atoms with Crippen LogP contribution in [0.25, 0.3) is 0 Å². The average Bonchev–Trinajstić information content (AvgIpc) is 2.89. The van der Waals surface area contributed by atoms with Crippen LogP contribution in [0.3, 0.4) is 0 Å². The lowest BCUT2D eigenvalue weighted by Gasteiger charge is -2.17. The van der Waals surface area contributed by atoms with E-state index in [4.69, 9.17) is 16.7 Å². The Hall–Kier alpha value is -2.47. The third kappa shape index (κ3) is 5.06. The van der Waals surface area contributed by atoms with E-state index in [0.29, 0.717) is 10.7 Å². The zero-order chi connectivity index (χ0) is 23.0. The summed E-state index contributed by atoms with van der Waals surface area (Å²) in [5, 5.41) is 7.79. The van der Waals surface area contributed by atoms with Gasteiger partial charge in [0.15, 0.2) is 0 Å². The number of amides is 2. The van der Waals surface area contributed by atoms with Crippen LogP contribution in [0.4, 0.5) is 5.69 Å². The maximum Gasteiger partial charge on any atom is 0.251 e. The summed E-state index contributed by atoms with van der Waals surface area (Å²) in [6, 6.07) is 10.0. The number of nitrogens with zero attached hydrogens (tertiary/aromatic N) is 1. The topological polar surface area (TPSA) is 144 Å². The number of carbonyl (C=O) groups is 2. The number of rotatable bonds is 6. The van der Waals surface area contributed by atoms with Crippen molar-refractivity contribution in [2.24, 2.45) is 11.1 Å². The number of hydrogen-bond acceptors (Lipinski definition) is 6. The van der Waals surface area contributed by atoms with Gasteiger partial charge in [-0.25, -0.2) is 26.3 Å². The summed E-state index contributed by atoms with van der Waals surface area (Å²) in [6.07, 6.45) is 0.424. The van der Waals surface area contributed by atoms with E-state index in [0.717, 1.165) is 5.56 Å². The minimum absolute atomic E-state index is 0.00490. The Morgan fingerprint density at radius 3 is 2.42 bits per heavy atom. The third-order valence-electron chi connectivity index (χ3n) is 4.74. The maximum absolute atomic E-state index is 12.5. The summed E-state index contributed by atoms with van der Waals surface area (Å²) in [6.45, 7) is 1.75. The number of anilines is 1. The van der Waals surface area contributed by atoms with Gasteiger partial charge in [-0.1, -0.05) is 30.7 Å². The van der Waals surface area contributed by atoms with Crippen molar-refractivity contribution in [2.75, 3.05) is 16.6 Å². The number of halogens is 1. The molecular formula is C19H20ClN3O6S2. The van der Waals surface area contributed by atoms with Crippen LogP contribution in [0, 0.1) is 5.92 Å². The van der Waals surface area contributed by atoms with Crippen LogP contribution >= 0.6 is 11.6 Å². The molecule has 1 atom stereocenters. The van der Waals surface area contributed by atoms with Crippen molar-refractivity contribution >= 4 is 49.1 Å². The first kappa shape index (κ1) is 23.2. The van der Waals surface area contributed by atoms with E-state index in [1.807, 2.05) is 0 Å². The second-order valence-electron chi connectivity index (χ2n) is 7.14. The molecule has 1 aliphatic heterocycles. The molecular weight excluding hydrogens is 466 g/mol. The SMILES string of the molecule is CC1CS(=O)(=O)N(c2cc(C(=O)NCCc3ccc(S(N)(=O)=O)cc3)ccc2Cl)C1=O. The molecule has 3 rings (SSSR count). The summed E-state index contributed by atoms with van der Waals surface area (Å²) >= 11 is 6.11. The van der Waals surface area contributed by atoms with Gasteiger partial charge in [0.05, 0.1) is 27.3 Å². The fraction of sp³-hybridized carbons (Fsp3) is 0.263. The Balaban J connectivity index is 1.70. The number of hydrogen-bond donors (Lipinski definition) is 2. The lowest BCUT2D eigenvalue weighted by atomic mass is 10.1. The lowest BCUT2D eigenvalue weighted by molar-refractivity contribution is -0.119. The predicted octanol–water partition coefficient (Wildman–Crippen LogP) is 1.27. The molecule has 0 aliphatic carbocycles. The quantitative estimate of drug-likeness (QED) is 0.630. The fourth-order valence-corrected chi connectivity index (χ4v) is 5.74. The van der Waals surface area contributed by atoms with E-state index in [1.165, 1.54) is 37.3 Å². The average molecular weight is 486 g/mol. The van der Waals surface area contributed by atoms with Gasteiger partial charge >= 0.3 is 0 Å². The number of carbonyl (C=O) groups excluding carboxylic acids is 2. The number of nitrogens with one attached hydrogen (secondary N) is 1. The zero-order valence-corrected chi connectivity index (χ0v) is 18.8. The molecule has 1 fully saturated rings. The van der Waals surface area contributed by atoms with E-state index in [9.17, 15) is 26.4 Å². The van der Waals surface area contributed by atoms with Crippen molar-refractivity contribution in [1.29, 1.82) is 0 Å². The summed E-state index contributed by atoms with van der Waals surface area (Å²) in [7, 11) is -7.63. The van der Waals surface area contributed by atoms with Crippen LogP contribution in [0.1, 0.15) is 22.8 Å². The van der Waals surface area contributed by atoms with Gasteiger partial charge in [-0.15, -0.1) is 0 Å². The Morgan fingerprint density at radius 1 is 1.23 bits per heavy atom. The Morgan fingerprint density at radius 2 is 1.87 bits per heavy atom. The molecule has 1 heterocycles. The normalized spacial score (nSPS) is 18.2. The van der Waals surface area contributed by atoms with Crippen molar-refractivity contribution in [3.8, 4) is 0 Å². The maximum atomic E-state index is 12.5. The smallest absolute Gasteiger partial charge is 0.251 e. The highest BCUT2D eigenvalue weighted by Crippen LogP contribution is 2.34. The summed E-state index contributed by atoms with van der Waals surface area (Å²) in [5.74, 6) is -2.08. The molecule has 1 aliphatic rings. The summed E-state index contributed by atoms with van der Waals surface area (Å²) in [4.78, 5) is 24.8. The first-order valence-electron chi connectivity index (χ1n) is 9.16. The standard InChI is InChI=1S/C19H20ClN3O6S2/c1-12-11-30(26,27)23(19(12)25)17-10-14(4-7-16(17)20)18(24)22-9-8-13-2-5-15(6-3-13)31(21,28)29/h2-7,10,12H,8-9,11H2,1H3,(H,22,24)(H2,21,28,29). The monoisotopic (exact) mass is 485 g/mol. The number of benzene rings is 2.